The van der Waals surface area contributed by atoms with Crippen LogP contribution < -0.4 is 4.90 Å². The highest BCUT2D eigenvalue weighted by Crippen LogP contribution is 2.39. The quantitative estimate of drug-likeness (QED) is 0.912. The van der Waals surface area contributed by atoms with E-state index in [4.69, 9.17) is 4.74 Å². The molecule has 3 atom stereocenters. The second kappa shape index (κ2) is 5.86. The first-order valence-corrected chi connectivity index (χ1v) is 7.79. The number of ether oxygens (including phenoxy) is 1. The van der Waals surface area contributed by atoms with Crippen LogP contribution in [0.5, 0.6) is 0 Å². The van der Waals surface area contributed by atoms with Crippen LogP contribution in [0.4, 0.5) is 10.1 Å². The third-order valence-corrected chi connectivity index (χ3v) is 5.00. The van der Waals surface area contributed by atoms with Gasteiger partial charge < -0.3 is 14.7 Å². The van der Waals surface area contributed by atoms with Crippen LogP contribution in [0.3, 0.4) is 0 Å². The summed E-state index contributed by atoms with van der Waals surface area (Å²) in [6.45, 7) is 3.79. The smallest absolute Gasteiger partial charge is 0.124 e. The number of hydrogen-bond acceptors (Lipinski definition) is 4. The van der Waals surface area contributed by atoms with E-state index >= 15 is 0 Å². The molecule has 0 radical (unpaired) electrons. The molecule has 4 nitrogen and oxygen atoms in total. The van der Waals surface area contributed by atoms with Gasteiger partial charge in [-0.3, -0.25) is 0 Å². The van der Waals surface area contributed by atoms with E-state index in [0.717, 1.165) is 25.1 Å². The van der Waals surface area contributed by atoms with Crippen LogP contribution in [0.1, 0.15) is 31.7 Å². The fourth-order valence-corrected chi connectivity index (χ4v) is 3.74. The highest BCUT2D eigenvalue weighted by molar-refractivity contribution is 5.60. The SMILES string of the molecule is C[C@]1(O)CCOC[C@H]1[C@H]1CCCN1c1ccc(F)cc1C#N. The molecule has 1 aromatic carbocycles. The van der Waals surface area contributed by atoms with Gasteiger partial charge in [0.1, 0.15) is 11.9 Å². The van der Waals surface area contributed by atoms with E-state index in [1.807, 2.05) is 6.92 Å². The molecule has 0 bridgehead atoms. The Kier molecular flexibility index (Phi) is 4.07. The predicted octanol–water partition coefficient (Wildman–Crippen LogP) is 2.45. The van der Waals surface area contributed by atoms with E-state index in [2.05, 4.69) is 11.0 Å². The van der Waals surface area contributed by atoms with Crippen LogP contribution in [0, 0.1) is 23.1 Å². The van der Waals surface area contributed by atoms with Gasteiger partial charge in [-0.15, -0.1) is 0 Å². The number of hydrogen-bond donors (Lipinski definition) is 1. The number of nitriles is 1. The van der Waals surface area contributed by atoms with Crippen molar-refractivity contribution in [2.75, 3.05) is 24.7 Å². The molecule has 2 aliphatic rings. The maximum Gasteiger partial charge on any atom is 0.124 e. The van der Waals surface area contributed by atoms with Crippen LogP contribution in [-0.2, 0) is 4.74 Å². The lowest BCUT2D eigenvalue weighted by atomic mass is 9.79. The summed E-state index contributed by atoms with van der Waals surface area (Å²) in [5.41, 5.74) is 0.342. The molecular weight excluding hydrogens is 283 g/mol. The maximum atomic E-state index is 13.4. The average Bonchev–Trinajstić information content (AvgIpc) is 2.95. The molecule has 0 spiro atoms. The summed E-state index contributed by atoms with van der Waals surface area (Å²) in [5.74, 6) is -0.399. The molecular formula is C17H21FN2O2. The molecule has 1 aromatic rings. The van der Waals surface area contributed by atoms with Crippen LogP contribution in [0.25, 0.3) is 0 Å². The molecule has 22 heavy (non-hydrogen) atoms. The summed E-state index contributed by atoms with van der Waals surface area (Å²) >= 11 is 0. The van der Waals surface area contributed by atoms with Gasteiger partial charge in [0.15, 0.2) is 0 Å². The summed E-state index contributed by atoms with van der Waals surface area (Å²) < 4.78 is 18.9. The maximum absolute atomic E-state index is 13.4. The second-order valence-electron chi connectivity index (χ2n) is 6.46. The molecule has 2 saturated heterocycles. The van der Waals surface area contributed by atoms with Gasteiger partial charge in [-0.1, -0.05) is 0 Å². The molecule has 118 valence electrons. The van der Waals surface area contributed by atoms with E-state index in [9.17, 15) is 14.8 Å². The lowest BCUT2D eigenvalue weighted by molar-refractivity contribution is -0.108. The van der Waals surface area contributed by atoms with Gasteiger partial charge in [-0.25, -0.2) is 4.39 Å². The lowest BCUT2D eigenvalue weighted by Crippen LogP contribution is -2.52. The third-order valence-electron chi connectivity index (χ3n) is 5.00. The number of benzene rings is 1. The van der Waals surface area contributed by atoms with Gasteiger partial charge in [0.05, 0.1) is 23.5 Å². The first-order chi connectivity index (χ1) is 10.5. The van der Waals surface area contributed by atoms with Gasteiger partial charge in [0.25, 0.3) is 0 Å². The molecule has 0 saturated carbocycles. The monoisotopic (exact) mass is 304 g/mol. The fourth-order valence-electron chi connectivity index (χ4n) is 3.74. The van der Waals surface area contributed by atoms with Crippen molar-refractivity contribution < 1.29 is 14.2 Å². The Balaban J connectivity index is 1.92. The van der Waals surface area contributed by atoms with E-state index in [1.54, 1.807) is 6.07 Å². The van der Waals surface area contributed by atoms with Crippen LogP contribution in [-0.4, -0.2) is 36.5 Å². The summed E-state index contributed by atoms with van der Waals surface area (Å²) in [4.78, 5) is 2.14. The van der Waals surface area contributed by atoms with Crippen molar-refractivity contribution in [3.8, 4) is 6.07 Å². The standard InChI is InChI=1S/C17H21FN2O2/c1-17(21)6-8-22-11-14(17)16-3-2-7-20(16)15-5-4-13(18)9-12(15)10-19/h4-5,9,14,16,21H,2-3,6-8,11H2,1H3/t14-,16+,17-/m0/s1. The number of anilines is 1. The zero-order valence-corrected chi connectivity index (χ0v) is 12.8. The Labute approximate surface area is 130 Å². The Morgan fingerprint density at radius 2 is 2.32 bits per heavy atom. The van der Waals surface area contributed by atoms with Gasteiger partial charge >= 0.3 is 0 Å². The first kappa shape index (κ1) is 15.3. The molecule has 0 aliphatic carbocycles. The Hall–Kier alpha value is -1.64. The van der Waals surface area contributed by atoms with Crippen LogP contribution >= 0.6 is 0 Å². The molecule has 3 rings (SSSR count). The van der Waals surface area contributed by atoms with E-state index in [0.29, 0.717) is 25.2 Å². The fraction of sp³-hybridized carbons (Fsp3) is 0.588. The molecule has 5 heteroatoms. The summed E-state index contributed by atoms with van der Waals surface area (Å²) in [5, 5.41) is 20.0. The highest BCUT2D eigenvalue weighted by atomic mass is 19.1. The normalized spacial score (nSPS) is 32.0. The summed E-state index contributed by atoms with van der Waals surface area (Å²) in [6, 6.07) is 6.54. The Morgan fingerprint density at radius 3 is 3.05 bits per heavy atom. The van der Waals surface area contributed by atoms with E-state index in [-0.39, 0.29) is 12.0 Å². The lowest BCUT2D eigenvalue weighted by Gasteiger charge is -2.44. The molecule has 1 N–H and O–H groups in total. The number of halogens is 1. The van der Waals surface area contributed by atoms with Crippen molar-refractivity contribution in [2.24, 2.45) is 5.92 Å². The number of rotatable bonds is 2. The van der Waals surface area contributed by atoms with Gasteiger partial charge in [0, 0.05) is 25.1 Å². The molecule has 0 amide bonds. The second-order valence-corrected chi connectivity index (χ2v) is 6.46. The van der Waals surface area contributed by atoms with E-state index in [1.165, 1.54) is 12.1 Å². The molecule has 0 unspecified atom stereocenters. The average molecular weight is 304 g/mol. The van der Waals surface area contributed by atoms with Gasteiger partial charge in [-0.05, 0) is 44.4 Å². The van der Waals surface area contributed by atoms with Gasteiger partial charge in [-0.2, -0.15) is 5.26 Å². The first-order valence-electron chi connectivity index (χ1n) is 7.79. The van der Waals surface area contributed by atoms with Crippen molar-refractivity contribution in [3.05, 3.63) is 29.6 Å². The van der Waals surface area contributed by atoms with Crippen molar-refractivity contribution >= 4 is 5.69 Å². The van der Waals surface area contributed by atoms with Crippen molar-refractivity contribution in [1.82, 2.24) is 0 Å². The molecule has 0 aromatic heterocycles. The number of nitrogens with zero attached hydrogens (tertiary/aromatic N) is 2. The zero-order valence-electron chi connectivity index (χ0n) is 12.8. The predicted molar refractivity (Wildman–Crippen MR) is 81.0 cm³/mol. The van der Waals surface area contributed by atoms with Crippen LogP contribution in [0.2, 0.25) is 0 Å². The van der Waals surface area contributed by atoms with Crippen LogP contribution in [0.15, 0.2) is 18.2 Å². The largest absolute Gasteiger partial charge is 0.390 e. The third kappa shape index (κ3) is 2.69. The van der Waals surface area contributed by atoms with Gasteiger partial charge in [0.2, 0.25) is 0 Å². The van der Waals surface area contributed by atoms with Crippen molar-refractivity contribution in [2.45, 2.75) is 37.8 Å². The molecule has 2 heterocycles. The van der Waals surface area contributed by atoms with Crippen molar-refractivity contribution in [1.29, 1.82) is 5.26 Å². The Morgan fingerprint density at radius 1 is 1.50 bits per heavy atom. The Bertz CT molecular complexity index is 597. The zero-order chi connectivity index (χ0) is 15.7. The minimum absolute atomic E-state index is 0.000320. The summed E-state index contributed by atoms with van der Waals surface area (Å²) in [6.07, 6.45) is 2.57. The highest BCUT2D eigenvalue weighted by Gasteiger charge is 2.44. The number of aliphatic hydroxyl groups is 1. The molecule has 2 aliphatic heterocycles. The molecule has 2 fully saturated rings. The van der Waals surface area contributed by atoms with Crippen molar-refractivity contribution in [3.63, 3.8) is 0 Å². The minimum Gasteiger partial charge on any atom is -0.390 e. The minimum atomic E-state index is -0.766. The topological polar surface area (TPSA) is 56.5 Å². The van der Waals surface area contributed by atoms with E-state index < -0.39 is 11.4 Å². The summed E-state index contributed by atoms with van der Waals surface area (Å²) in [7, 11) is 0.